The van der Waals surface area contributed by atoms with Gasteiger partial charge in [-0.05, 0) is 184 Å². The first-order valence-corrected chi connectivity index (χ1v) is 35.6. The minimum atomic E-state index is -4.45. The molecule has 8 amide bonds. The smallest absolute Gasteiger partial charge is 0.416 e. The molecule has 6 aromatic rings. The minimum absolute atomic E-state index is 0.00640. The Kier molecular flexibility index (Phi) is 24.9. The fourth-order valence-corrected chi connectivity index (χ4v) is 14.8. The maximum atomic E-state index is 14.2. The predicted molar refractivity (Wildman–Crippen MR) is 377 cm³/mol. The number of benzene rings is 6. The molecule has 1 N–H and O–H groups in total. The van der Waals surface area contributed by atoms with Crippen molar-refractivity contribution in [2.45, 2.75) is 139 Å². The Morgan fingerprint density at radius 2 is 0.859 bits per heavy atom. The SMILES string of the molecule is CC1CCC(N2CC[C@@H](N(C)C(=O)N3CC[C@H](N(C)C(=O)N(Cc4ccc(C(F)(F)F)cc4)c4ccc(Oc5ccccc5)cc4)C3)C2)C1.CC1CCC(N2CC[C@@H](N(C)C(=O)N3CC[C@H](N(C)C(=O)Nc4ccc(Oc5ccccc5)cc4)C3)C2)C1.FC(F)(F)c1ccc(CBr)cc1. The molecule has 0 bridgehead atoms. The molecule has 16 nitrogen and oxygen atoms in total. The summed E-state index contributed by atoms with van der Waals surface area (Å²) in [6.45, 7) is 10.9. The highest BCUT2D eigenvalue weighted by molar-refractivity contribution is 9.08. The number of alkyl halides is 7. The van der Waals surface area contributed by atoms with Gasteiger partial charge in [-0.1, -0.05) is 90.4 Å². The summed E-state index contributed by atoms with van der Waals surface area (Å²) in [6.07, 6.45) is 2.40. The van der Waals surface area contributed by atoms with Crippen LogP contribution in [0, 0.1) is 11.8 Å². The van der Waals surface area contributed by atoms with Crippen molar-refractivity contribution < 1.29 is 55.0 Å². The number of carbonyl (C=O) groups excluding carboxylic acids is 4. The Bertz CT molecular complexity index is 3580. The van der Waals surface area contributed by atoms with Crippen LogP contribution < -0.4 is 19.7 Å². The Morgan fingerprint density at radius 3 is 1.27 bits per heavy atom. The van der Waals surface area contributed by atoms with E-state index in [9.17, 15) is 45.5 Å². The molecule has 4 saturated heterocycles. The number of halogens is 7. The van der Waals surface area contributed by atoms with Gasteiger partial charge in [0.15, 0.2) is 0 Å². The van der Waals surface area contributed by atoms with Crippen molar-refractivity contribution in [1.29, 1.82) is 0 Å². The highest BCUT2D eigenvalue weighted by atomic mass is 79.9. The van der Waals surface area contributed by atoms with E-state index >= 15 is 0 Å². The molecule has 2 saturated carbocycles. The van der Waals surface area contributed by atoms with Gasteiger partial charge in [0.1, 0.15) is 23.0 Å². The van der Waals surface area contributed by atoms with Crippen molar-refractivity contribution in [1.82, 2.24) is 39.2 Å². The average Bonchev–Trinajstić information content (AvgIpc) is 1.80. The number of anilines is 2. The summed E-state index contributed by atoms with van der Waals surface area (Å²) < 4.78 is 87.5. The van der Waals surface area contributed by atoms with Crippen LogP contribution >= 0.6 is 15.9 Å². The predicted octanol–water partition coefficient (Wildman–Crippen LogP) is 16.9. The molecule has 0 radical (unpaired) electrons. The van der Waals surface area contributed by atoms with Gasteiger partial charge in [-0.15, -0.1) is 0 Å². The first-order valence-electron chi connectivity index (χ1n) is 34.5. The zero-order valence-corrected chi connectivity index (χ0v) is 59.0. The maximum Gasteiger partial charge on any atom is 0.416 e. The highest BCUT2D eigenvalue weighted by Crippen LogP contribution is 2.36. The Balaban J connectivity index is 0.000000187. The third-order valence-electron chi connectivity index (χ3n) is 20.5. The van der Waals surface area contributed by atoms with Gasteiger partial charge in [0.25, 0.3) is 0 Å². The molecule has 4 heterocycles. The molecule has 4 aliphatic heterocycles. The molecule has 2 aliphatic carbocycles. The number of ether oxygens (including phenoxy) is 2. The molecular formula is C76H93BrF6N10O6. The van der Waals surface area contributed by atoms with E-state index in [2.05, 4.69) is 44.9 Å². The third kappa shape index (κ3) is 19.7. The van der Waals surface area contributed by atoms with E-state index in [0.29, 0.717) is 84.2 Å². The second kappa shape index (κ2) is 33.4. The first kappa shape index (κ1) is 73.7. The minimum Gasteiger partial charge on any atom is -0.457 e. The lowest BCUT2D eigenvalue weighted by molar-refractivity contribution is -0.138. The van der Waals surface area contributed by atoms with Gasteiger partial charge in [0, 0.05) is 121 Å². The summed E-state index contributed by atoms with van der Waals surface area (Å²) in [5.74, 6) is 4.32. The van der Waals surface area contributed by atoms with Crippen LogP contribution in [0.4, 0.5) is 56.9 Å². The van der Waals surface area contributed by atoms with Crippen molar-refractivity contribution in [3.8, 4) is 23.0 Å². The van der Waals surface area contributed by atoms with Gasteiger partial charge >= 0.3 is 36.5 Å². The summed E-state index contributed by atoms with van der Waals surface area (Å²) in [7, 11) is 7.38. The van der Waals surface area contributed by atoms with Gasteiger partial charge in [0.2, 0.25) is 0 Å². The Morgan fingerprint density at radius 1 is 0.465 bits per heavy atom. The second-order valence-corrected chi connectivity index (χ2v) is 28.0. The molecule has 23 heteroatoms. The number of urea groups is 4. The molecule has 6 aromatic carbocycles. The Hall–Kier alpha value is -8.02. The van der Waals surface area contributed by atoms with Crippen LogP contribution in [0.25, 0.3) is 0 Å². The standard InChI is InChI=1S/C38H46F3N5O3.C30H41N5O3.C8H6BrF3/c1-27-9-14-31(23-27)44-21-19-32(25-44)42(2)36(47)45-22-20-33(26-45)43(3)37(48)46(24-28-10-12-29(13-11-28)38(39,40)41)30-15-17-35(18-16-30)49-34-7-5-4-6-8-34;1-22-9-12-24(19-22)34-17-15-26(20-34)33(3)30(37)35-18-16-25(21-35)32(2)29(36)31-23-10-13-28(14-11-23)38-27-7-5-4-6-8-27;9-5-6-1-3-7(4-2-6)8(10,11)12/h4-8,10-13,15-18,27,31-33H,9,14,19-26H2,1-3H3;4-8,10-11,13-14,22,24-26H,9,12,15-21H2,1-3H3,(H,31,36);1-4H,5H2/t27?,31?,32-,33+;22?,24?,25-,26+;/m10./s1. The lowest BCUT2D eigenvalue weighted by Crippen LogP contribution is -2.49. The molecule has 0 aromatic heterocycles. The third-order valence-corrected chi connectivity index (χ3v) is 21.2. The van der Waals surface area contributed by atoms with E-state index in [1.165, 1.54) is 62.8 Å². The van der Waals surface area contributed by atoms with Crippen molar-refractivity contribution in [2.75, 3.05) is 90.8 Å². The summed E-state index contributed by atoms with van der Waals surface area (Å²) in [6, 6.07) is 44.4. The van der Waals surface area contributed by atoms with Gasteiger partial charge in [0.05, 0.1) is 29.8 Å². The van der Waals surface area contributed by atoms with Gasteiger partial charge in [-0.25, -0.2) is 19.2 Å². The van der Waals surface area contributed by atoms with Crippen LogP contribution in [0.3, 0.4) is 0 Å². The first-order chi connectivity index (χ1) is 47.4. The van der Waals surface area contributed by atoms with Gasteiger partial charge in [-0.2, -0.15) is 26.3 Å². The normalized spacial score (nSPS) is 22.4. The van der Waals surface area contributed by atoms with E-state index in [1.807, 2.05) is 126 Å². The average molecular weight is 1440 g/mol. The number of amides is 8. The number of hydrogen-bond donors (Lipinski definition) is 1. The highest BCUT2D eigenvalue weighted by Gasteiger charge is 2.41. The zero-order chi connectivity index (χ0) is 70.5. The topological polar surface area (TPSA) is 128 Å². The van der Waals surface area contributed by atoms with Crippen LogP contribution in [0.15, 0.2) is 158 Å². The molecule has 12 rings (SSSR count). The molecule has 0 spiro atoms. The summed E-state index contributed by atoms with van der Waals surface area (Å²) >= 11 is 3.15. The van der Waals surface area contributed by atoms with Crippen LogP contribution in [0.1, 0.15) is 100 Å². The fraction of sp³-hybridized carbons (Fsp3) is 0.474. The van der Waals surface area contributed by atoms with Crippen LogP contribution in [0.2, 0.25) is 0 Å². The van der Waals surface area contributed by atoms with E-state index in [-0.39, 0.29) is 54.8 Å². The second-order valence-electron chi connectivity index (χ2n) is 27.5. The van der Waals surface area contributed by atoms with Crippen molar-refractivity contribution in [3.63, 3.8) is 0 Å². The molecule has 8 atom stereocenters. The summed E-state index contributed by atoms with van der Waals surface area (Å²) in [4.78, 5) is 71.7. The van der Waals surface area contributed by atoms with E-state index in [1.54, 1.807) is 46.0 Å². The number of likely N-dealkylation sites (tertiary alicyclic amines) is 4. The fourth-order valence-electron chi connectivity index (χ4n) is 14.4. The van der Waals surface area contributed by atoms with Crippen LogP contribution in [0.5, 0.6) is 23.0 Å². The van der Waals surface area contributed by atoms with E-state index < -0.39 is 23.5 Å². The molecule has 4 unspecified atom stereocenters. The number of para-hydroxylation sites is 2. The number of likely N-dealkylation sites (N-methyl/N-ethyl adjacent to an activating group) is 4. The lowest BCUT2D eigenvalue weighted by atomic mass is 10.1. The molecule has 532 valence electrons. The van der Waals surface area contributed by atoms with Gasteiger partial charge < -0.3 is 44.2 Å². The van der Waals surface area contributed by atoms with Gasteiger partial charge in [-0.3, -0.25) is 14.7 Å². The molecular weight excluding hydrogens is 1340 g/mol. The van der Waals surface area contributed by atoms with E-state index in [0.717, 1.165) is 92.9 Å². The quantitative estimate of drug-likeness (QED) is 0.0795. The molecule has 6 aliphatic rings. The monoisotopic (exact) mass is 1430 g/mol. The van der Waals surface area contributed by atoms with E-state index in [4.69, 9.17) is 9.47 Å². The number of carbonyl (C=O) groups is 4. The van der Waals surface area contributed by atoms with Crippen molar-refractivity contribution >= 4 is 51.4 Å². The number of nitrogens with one attached hydrogen (secondary N) is 1. The largest absolute Gasteiger partial charge is 0.457 e. The molecule has 6 fully saturated rings. The van der Waals surface area contributed by atoms with Crippen molar-refractivity contribution in [2.24, 2.45) is 11.8 Å². The summed E-state index contributed by atoms with van der Waals surface area (Å²) in [5.41, 5.74) is 1.32. The van der Waals surface area contributed by atoms with Crippen LogP contribution in [-0.2, 0) is 24.2 Å². The zero-order valence-electron chi connectivity index (χ0n) is 57.4. The summed E-state index contributed by atoms with van der Waals surface area (Å²) in [5, 5.41) is 3.54. The number of rotatable bonds is 15. The van der Waals surface area contributed by atoms with Crippen LogP contribution in [-0.4, -0.2) is 180 Å². The van der Waals surface area contributed by atoms with Crippen molar-refractivity contribution in [3.05, 3.63) is 180 Å². The number of nitrogens with zero attached hydrogens (tertiary/aromatic N) is 9. The number of hydrogen-bond acceptors (Lipinski definition) is 8. The molecule has 99 heavy (non-hydrogen) atoms. The maximum absolute atomic E-state index is 14.2. The Labute approximate surface area is 586 Å². The lowest BCUT2D eigenvalue weighted by Gasteiger charge is -2.33.